The average molecular weight is 428 g/mol. The van der Waals surface area contributed by atoms with Crippen molar-refractivity contribution in [2.45, 2.75) is 32.1 Å². The molecular formula is C23H28N2O6. The normalized spacial score (nSPS) is 20.2. The van der Waals surface area contributed by atoms with Crippen LogP contribution in [-0.4, -0.2) is 53.3 Å². The van der Waals surface area contributed by atoms with E-state index in [9.17, 15) is 19.8 Å². The SMILES string of the molecule is O=C1OCC=CCC/C=C/C(NOCC(=O)N2CCCCC2)=C/c2cc(O)cc(O)c21. The standard InChI is InChI=1S/C23H28N2O6/c26-19-14-17-13-18(24-31-16-21(28)25-10-6-4-7-11-25)9-5-2-1-3-8-12-30-23(29)22(17)20(27)15-19/h3,5,8-9,13-15,24,26-27H,1-2,4,6-7,10-12,16H2/b8-3?,9-5+,18-13-. The number of hydroxylamine groups is 1. The Morgan fingerprint density at radius 3 is 2.68 bits per heavy atom. The maximum Gasteiger partial charge on any atom is 0.342 e. The molecule has 3 rings (SSSR count). The molecule has 0 unspecified atom stereocenters. The van der Waals surface area contributed by atoms with E-state index in [1.54, 1.807) is 23.1 Å². The van der Waals surface area contributed by atoms with Crippen LogP contribution in [0.15, 0.2) is 42.1 Å². The lowest BCUT2D eigenvalue weighted by Gasteiger charge is -2.26. The lowest BCUT2D eigenvalue weighted by atomic mass is 10.0. The Labute approximate surface area is 181 Å². The topological polar surface area (TPSA) is 108 Å². The molecule has 0 spiro atoms. The van der Waals surface area contributed by atoms with Gasteiger partial charge in [-0.2, -0.15) is 0 Å². The van der Waals surface area contributed by atoms with Crippen LogP contribution in [0.1, 0.15) is 48.0 Å². The maximum atomic E-state index is 12.5. The van der Waals surface area contributed by atoms with Crippen molar-refractivity contribution in [2.75, 3.05) is 26.3 Å². The summed E-state index contributed by atoms with van der Waals surface area (Å²) in [5, 5.41) is 20.1. The van der Waals surface area contributed by atoms with Crippen molar-refractivity contribution in [3.05, 3.63) is 53.3 Å². The molecule has 2 aliphatic rings. The van der Waals surface area contributed by atoms with Gasteiger partial charge in [0, 0.05) is 19.2 Å². The van der Waals surface area contributed by atoms with Crippen LogP contribution in [0.25, 0.3) is 6.08 Å². The third-order valence-electron chi connectivity index (χ3n) is 5.02. The second-order valence-electron chi connectivity index (χ2n) is 7.41. The van der Waals surface area contributed by atoms with Crippen molar-refractivity contribution in [3.63, 3.8) is 0 Å². The fourth-order valence-corrected chi connectivity index (χ4v) is 3.45. The Morgan fingerprint density at radius 1 is 1.10 bits per heavy atom. The van der Waals surface area contributed by atoms with Gasteiger partial charge < -0.3 is 19.8 Å². The van der Waals surface area contributed by atoms with Crippen LogP contribution < -0.4 is 5.48 Å². The highest BCUT2D eigenvalue weighted by atomic mass is 16.6. The number of hydrogen-bond donors (Lipinski definition) is 3. The minimum Gasteiger partial charge on any atom is -0.508 e. The first-order chi connectivity index (χ1) is 15.0. The summed E-state index contributed by atoms with van der Waals surface area (Å²) in [4.78, 5) is 32.0. The van der Waals surface area contributed by atoms with Crippen LogP contribution in [-0.2, 0) is 14.4 Å². The summed E-state index contributed by atoms with van der Waals surface area (Å²) in [5.74, 6) is -1.39. The number of ether oxygens (including phenoxy) is 1. The number of nitrogens with one attached hydrogen (secondary N) is 1. The Morgan fingerprint density at radius 2 is 1.87 bits per heavy atom. The molecule has 0 radical (unpaired) electrons. The number of phenols is 2. The summed E-state index contributed by atoms with van der Waals surface area (Å²) in [7, 11) is 0. The van der Waals surface area contributed by atoms with Gasteiger partial charge in [0.15, 0.2) is 6.61 Å². The lowest BCUT2D eigenvalue weighted by Crippen LogP contribution is -2.39. The van der Waals surface area contributed by atoms with Gasteiger partial charge in [0.25, 0.3) is 5.91 Å². The molecule has 8 nitrogen and oxygen atoms in total. The molecule has 0 saturated carbocycles. The number of fused-ring (bicyclic) bond motifs is 1. The highest BCUT2D eigenvalue weighted by Gasteiger charge is 2.19. The molecule has 31 heavy (non-hydrogen) atoms. The summed E-state index contributed by atoms with van der Waals surface area (Å²) >= 11 is 0. The molecule has 166 valence electrons. The van der Waals surface area contributed by atoms with Crippen molar-refractivity contribution in [1.29, 1.82) is 0 Å². The largest absolute Gasteiger partial charge is 0.508 e. The zero-order chi connectivity index (χ0) is 22.1. The summed E-state index contributed by atoms with van der Waals surface area (Å²) in [6.07, 6.45) is 13.5. The number of likely N-dealkylation sites (tertiary alicyclic amines) is 1. The second-order valence-corrected chi connectivity index (χ2v) is 7.41. The number of phenolic OH excluding ortho intramolecular Hbond substituents is 2. The number of piperidine rings is 1. The van der Waals surface area contributed by atoms with Crippen LogP contribution in [0.3, 0.4) is 0 Å². The van der Waals surface area contributed by atoms with Gasteiger partial charge in [0.2, 0.25) is 0 Å². The summed E-state index contributed by atoms with van der Waals surface area (Å²) in [5.41, 5.74) is 3.39. The molecular weight excluding hydrogens is 400 g/mol. The summed E-state index contributed by atoms with van der Waals surface area (Å²) in [6.45, 7) is 1.44. The molecule has 1 aromatic rings. The fraction of sp³-hybridized carbons (Fsp3) is 0.391. The number of carbonyl (C=O) groups is 2. The smallest absolute Gasteiger partial charge is 0.342 e. The number of nitrogens with zero attached hydrogens (tertiary/aromatic N) is 1. The van der Waals surface area contributed by atoms with Crippen molar-refractivity contribution < 1.29 is 29.4 Å². The van der Waals surface area contributed by atoms with E-state index < -0.39 is 5.97 Å². The van der Waals surface area contributed by atoms with Crippen LogP contribution in [0, 0.1) is 0 Å². The molecule has 1 amide bonds. The number of amides is 1. The first-order valence-corrected chi connectivity index (χ1v) is 10.5. The van der Waals surface area contributed by atoms with Gasteiger partial charge in [-0.05, 0) is 55.9 Å². The quantitative estimate of drug-likeness (QED) is 0.384. The monoisotopic (exact) mass is 428 g/mol. The van der Waals surface area contributed by atoms with Crippen LogP contribution >= 0.6 is 0 Å². The van der Waals surface area contributed by atoms with E-state index >= 15 is 0 Å². The van der Waals surface area contributed by atoms with Gasteiger partial charge in [-0.1, -0.05) is 18.2 Å². The second kappa shape index (κ2) is 11.2. The first kappa shape index (κ1) is 22.4. The van der Waals surface area contributed by atoms with Gasteiger partial charge in [-0.15, -0.1) is 0 Å². The molecule has 1 aromatic carbocycles. The van der Waals surface area contributed by atoms with E-state index in [4.69, 9.17) is 9.57 Å². The molecule has 2 heterocycles. The van der Waals surface area contributed by atoms with Crippen molar-refractivity contribution in [3.8, 4) is 11.5 Å². The number of benzene rings is 1. The number of esters is 1. The first-order valence-electron chi connectivity index (χ1n) is 10.5. The predicted molar refractivity (Wildman–Crippen MR) is 115 cm³/mol. The number of rotatable bonds is 4. The minimum atomic E-state index is -0.711. The van der Waals surface area contributed by atoms with Crippen LogP contribution in [0.5, 0.6) is 11.5 Å². The molecule has 1 saturated heterocycles. The van der Waals surface area contributed by atoms with Gasteiger partial charge in [0.05, 0.1) is 5.70 Å². The van der Waals surface area contributed by atoms with Gasteiger partial charge >= 0.3 is 5.97 Å². The van der Waals surface area contributed by atoms with E-state index in [0.29, 0.717) is 5.70 Å². The van der Waals surface area contributed by atoms with Crippen molar-refractivity contribution >= 4 is 18.0 Å². The van der Waals surface area contributed by atoms with E-state index in [2.05, 4.69) is 5.48 Å². The van der Waals surface area contributed by atoms with Crippen LogP contribution in [0.4, 0.5) is 0 Å². The van der Waals surface area contributed by atoms with Crippen LogP contribution in [0.2, 0.25) is 0 Å². The Hall–Kier alpha value is -3.26. The van der Waals surface area contributed by atoms with E-state index in [1.807, 2.05) is 12.2 Å². The minimum absolute atomic E-state index is 0.0671. The number of cyclic esters (lactones) is 1. The van der Waals surface area contributed by atoms with Crippen molar-refractivity contribution in [2.24, 2.45) is 0 Å². The molecule has 8 heteroatoms. The predicted octanol–water partition coefficient (Wildman–Crippen LogP) is 3.04. The summed E-state index contributed by atoms with van der Waals surface area (Å²) < 4.78 is 5.20. The third kappa shape index (κ3) is 6.62. The van der Waals surface area contributed by atoms with E-state index in [0.717, 1.165) is 51.3 Å². The number of carbonyl (C=O) groups excluding carboxylic acids is 2. The van der Waals surface area contributed by atoms with Gasteiger partial charge in [-0.3, -0.25) is 15.1 Å². The molecule has 0 aliphatic carbocycles. The van der Waals surface area contributed by atoms with Crippen molar-refractivity contribution in [1.82, 2.24) is 10.4 Å². The molecule has 0 bridgehead atoms. The average Bonchev–Trinajstić information content (AvgIpc) is 2.76. The van der Waals surface area contributed by atoms with E-state index in [-0.39, 0.29) is 41.7 Å². The zero-order valence-electron chi connectivity index (χ0n) is 17.4. The Bertz CT molecular complexity index is 884. The zero-order valence-corrected chi connectivity index (χ0v) is 17.4. The van der Waals surface area contributed by atoms with E-state index in [1.165, 1.54) is 6.07 Å². The van der Waals surface area contributed by atoms with Gasteiger partial charge in [0.1, 0.15) is 23.7 Å². The maximum absolute atomic E-state index is 12.5. The highest BCUT2D eigenvalue weighted by Crippen LogP contribution is 2.29. The van der Waals surface area contributed by atoms with Gasteiger partial charge in [-0.25, -0.2) is 4.79 Å². The third-order valence-corrected chi connectivity index (χ3v) is 5.02. The Kier molecular flexibility index (Phi) is 8.12. The molecule has 0 atom stereocenters. The fourth-order valence-electron chi connectivity index (χ4n) is 3.45. The molecule has 3 N–H and O–H groups in total. The Balaban J connectivity index is 1.80. The summed E-state index contributed by atoms with van der Waals surface area (Å²) in [6, 6.07) is 2.43. The highest BCUT2D eigenvalue weighted by molar-refractivity contribution is 5.97. The molecule has 0 aromatic heterocycles. The molecule has 2 aliphatic heterocycles. The molecule has 1 fully saturated rings. The number of hydrogen-bond acceptors (Lipinski definition) is 7. The lowest BCUT2D eigenvalue weighted by molar-refractivity contribution is -0.139. The number of allylic oxidation sites excluding steroid dienone is 3. The number of aromatic hydroxyl groups is 2.